The van der Waals surface area contributed by atoms with E-state index in [9.17, 15) is 0 Å². The SMILES string of the molecule is CCCCCCn1ncc(N)c1N.O=S(=O)(O)O. The zero-order chi connectivity index (χ0) is 14.2. The normalized spacial score (nSPS) is 10.8. The zero-order valence-electron chi connectivity index (χ0n) is 10.3. The molecular weight excluding hydrogens is 260 g/mol. The summed E-state index contributed by atoms with van der Waals surface area (Å²) < 4.78 is 33.4. The lowest BCUT2D eigenvalue weighted by atomic mass is 10.2. The Balaban J connectivity index is 0.000000494. The van der Waals surface area contributed by atoms with Gasteiger partial charge >= 0.3 is 10.4 Å². The predicted octanol–water partition coefficient (Wildman–Crippen LogP) is 0.975. The highest BCUT2D eigenvalue weighted by Crippen LogP contribution is 2.13. The van der Waals surface area contributed by atoms with E-state index in [1.54, 1.807) is 10.9 Å². The van der Waals surface area contributed by atoms with Gasteiger partial charge in [-0.1, -0.05) is 26.2 Å². The van der Waals surface area contributed by atoms with E-state index in [2.05, 4.69) is 12.0 Å². The Kier molecular flexibility index (Phi) is 7.32. The molecule has 0 saturated heterocycles. The van der Waals surface area contributed by atoms with Crippen LogP contribution in [0.25, 0.3) is 0 Å². The Labute approximate surface area is 107 Å². The first kappa shape index (κ1) is 16.7. The van der Waals surface area contributed by atoms with Crippen LogP contribution < -0.4 is 11.5 Å². The van der Waals surface area contributed by atoms with Crippen molar-refractivity contribution in [1.29, 1.82) is 0 Å². The number of anilines is 2. The van der Waals surface area contributed by atoms with Crippen LogP contribution in [0.15, 0.2) is 6.20 Å². The average molecular weight is 280 g/mol. The Bertz CT molecular complexity index is 435. The molecule has 0 spiro atoms. The number of nitrogens with two attached hydrogens (primary N) is 2. The summed E-state index contributed by atoms with van der Waals surface area (Å²) in [5, 5.41) is 4.08. The molecule has 0 unspecified atom stereocenters. The second-order valence-corrected chi connectivity index (χ2v) is 4.61. The first-order chi connectivity index (χ1) is 8.25. The van der Waals surface area contributed by atoms with Gasteiger partial charge in [-0.25, -0.2) is 4.68 Å². The zero-order valence-corrected chi connectivity index (χ0v) is 11.1. The molecular formula is C9H20N4O4S. The van der Waals surface area contributed by atoms with Crippen molar-refractivity contribution in [1.82, 2.24) is 9.78 Å². The second-order valence-electron chi connectivity index (χ2n) is 3.72. The summed E-state index contributed by atoms with van der Waals surface area (Å²) in [6, 6.07) is 0. The summed E-state index contributed by atoms with van der Waals surface area (Å²) in [4.78, 5) is 0. The van der Waals surface area contributed by atoms with Crippen LogP contribution in [0.1, 0.15) is 32.6 Å². The molecule has 0 aromatic carbocycles. The van der Waals surface area contributed by atoms with E-state index in [-0.39, 0.29) is 0 Å². The third-order valence-corrected chi connectivity index (χ3v) is 2.13. The fourth-order valence-corrected chi connectivity index (χ4v) is 1.28. The van der Waals surface area contributed by atoms with Gasteiger partial charge < -0.3 is 11.5 Å². The van der Waals surface area contributed by atoms with Gasteiger partial charge in [0.2, 0.25) is 0 Å². The number of rotatable bonds is 5. The minimum atomic E-state index is -4.67. The number of nitrogens with zero attached hydrogens (tertiary/aromatic N) is 2. The van der Waals surface area contributed by atoms with Gasteiger partial charge in [-0.15, -0.1) is 0 Å². The van der Waals surface area contributed by atoms with Gasteiger partial charge in [0.1, 0.15) is 5.82 Å². The van der Waals surface area contributed by atoms with E-state index in [1.807, 2.05) is 0 Å². The topological polar surface area (TPSA) is 144 Å². The minimum absolute atomic E-state index is 0.579. The molecule has 0 amide bonds. The molecule has 18 heavy (non-hydrogen) atoms. The van der Waals surface area contributed by atoms with E-state index < -0.39 is 10.4 Å². The molecule has 1 rings (SSSR count). The highest BCUT2D eigenvalue weighted by atomic mass is 32.3. The number of unbranched alkanes of at least 4 members (excludes halogenated alkanes) is 3. The van der Waals surface area contributed by atoms with Crippen LogP contribution in [-0.4, -0.2) is 27.3 Å². The molecule has 1 aromatic rings. The van der Waals surface area contributed by atoms with Gasteiger partial charge in [0.15, 0.2) is 0 Å². The maximum Gasteiger partial charge on any atom is 0.394 e. The second kappa shape index (κ2) is 7.90. The molecule has 1 heterocycles. The van der Waals surface area contributed by atoms with E-state index in [1.165, 1.54) is 19.3 Å². The van der Waals surface area contributed by atoms with Gasteiger partial charge in [0.25, 0.3) is 0 Å². The van der Waals surface area contributed by atoms with Crippen LogP contribution in [0.5, 0.6) is 0 Å². The van der Waals surface area contributed by atoms with Gasteiger partial charge in [0.05, 0.1) is 11.9 Å². The smallest absolute Gasteiger partial charge is 0.394 e. The van der Waals surface area contributed by atoms with Gasteiger partial charge in [-0.05, 0) is 6.42 Å². The van der Waals surface area contributed by atoms with Crippen molar-refractivity contribution in [3.05, 3.63) is 6.20 Å². The monoisotopic (exact) mass is 280 g/mol. The quantitative estimate of drug-likeness (QED) is 0.464. The molecule has 1 aromatic heterocycles. The molecule has 0 aliphatic heterocycles. The lowest BCUT2D eigenvalue weighted by molar-refractivity contribution is 0.381. The van der Waals surface area contributed by atoms with Crippen LogP contribution in [-0.2, 0) is 16.9 Å². The minimum Gasteiger partial charge on any atom is -0.394 e. The summed E-state index contributed by atoms with van der Waals surface area (Å²) in [5.74, 6) is 0.594. The molecule has 0 atom stereocenters. The van der Waals surface area contributed by atoms with Crippen molar-refractivity contribution in [3.8, 4) is 0 Å². The average Bonchev–Trinajstić information content (AvgIpc) is 2.53. The first-order valence-electron chi connectivity index (χ1n) is 5.52. The third-order valence-electron chi connectivity index (χ3n) is 2.13. The third kappa shape index (κ3) is 8.79. The van der Waals surface area contributed by atoms with Gasteiger partial charge in [-0.3, -0.25) is 9.11 Å². The van der Waals surface area contributed by atoms with Gasteiger partial charge in [0, 0.05) is 6.54 Å². The summed E-state index contributed by atoms with van der Waals surface area (Å²) in [6.45, 7) is 3.07. The lowest BCUT2D eigenvalue weighted by Crippen LogP contribution is -2.05. The molecule has 0 radical (unpaired) electrons. The van der Waals surface area contributed by atoms with E-state index in [0.717, 1.165) is 13.0 Å². The Morgan fingerprint density at radius 3 is 2.22 bits per heavy atom. The van der Waals surface area contributed by atoms with E-state index in [0.29, 0.717) is 11.5 Å². The molecule has 0 aliphatic carbocycles. The number of aryl methyl sites for hydroxylation is 1. The molecule has 8 nitrogen and oxygen atoms in total. The Hall–Kier alpha value is -1.32. The number of nitrogen functional groups attached to an aromatic ring is 2. The summed E-state index contributed by atoms with van der Waals surface area (Å²) in [6.07, 6.45) is 6.48. The molecule has 0 fully saturated rings. The van der Waals surface area contributed by atoms with Crippen molar-refractivity contribution >= 4 is 21.9 Å². The lowest BCUT2D eigenvalue weighted by Gasteiger charge is -2.03. The standard InChI is InChI=1S/C9H18N4.H2O4S/c1-2-3-4-5-6-13-9(11)8(10)7-12-13;1-5(2,3)4/h7H,2-6,10-11H2,1H3;(H2,1,2,3,4). The summed E-state index contributed by atoms with van der Waals surface area (Å²) in [7, 11) is -4.67. The number of hydrogen-bond donors (Lipinski definition) is 4. The predicted molar refractivity (Wildman–Crippen MR) is 69.4 cm³/mol. The summed E-state index contributed by atoms with van der Waals surface area (Å²) in [5.41, 5.74) is 11.8. The molecule has 0 bridgehead atoms. The molecule has 106 valence electrons. The Morgan fingerprint density at radius 2 is 1.83 bits per heavy atom. The maximum absolute atomic E-state index is 8.74. The molecule has 0 aliphatic rings. The number of hydrogen-bond acceptors (Lipinski definition) is 5. The first-order valence-corrected chi connectivity index (χ1v) is 6.92. The molecule has 6 N–H and O–H groups in total. The van der Waals surface area contributed by atoms with Crippen molar-refractivity contribution in [2.24, 2.45) is 0 Å². The van der Waals surface area contributed by atoms with E-state index >= 15 is 0 Å². The van der Waals surface area contributed by atoms with E-state index in [4.69, 9.17) is 29.0 Å². The van der Waals surface area contributed by atoms with Crippen LogP contribution in [0, 0.1) is 0 Å². The van der Waals surface area contributed by atoms with Crippen LogP contribution >= 0.6 is 0 Å². The van der Waals surface area contributed by atoms with Crippen molar-refractivity contribution in [3.63, 3.8) is 0 Å². The Morgan fingerprint density at radius 1 is 1.28 bits per heavy atom. The van der Waals surface area contributed by atoms with Gasteiger partial charge in [-0.2, -0.15) is 13.5 Å². The largest absolute Gasteiger partial charge is 0.394 e. The fourth-order valence-electron chi connectivity index (χ4n) is 1.28. The van der Waals surface area contributed by atoms with Crippen LogP contribution in [0.3, 0.4) is 0 Å². The van der Waals surface area contributed by atoms with Crippen LogP contribution in [0.4, 0.5) is 11.5 Å². The number of aromatic nitrogens is 2. The van der Waals surface area contributed by atoms with Crippen molar-refractivity contribution in [2.45, 2.75) is 39.2 Å². The fraction of sp³-hybridized carbons (Fsp3) is 0.667. The highest BCUT2D eigenvalue weighted by Gasteiger charge is 2.02. The molecule has 0 saturated carbocycles. The maximum atomic E-state index is 8.74. The van der Waals surface area contributed by atoms with Crippen molar-refractivity contribution < 1.29 is 17.5 Å². The highest BCUT2D eigenvalue weighted by molar-refractivity contribution is 7.79. The van der Waals surface area contributed by atoms with Crippen molar-refractivity contribution in [2.75, 3.05) is 11.5 Å². The summed E-state index contributed by atoms with van der Waals surface area (Å²) >= 11 is 0. The molecule has 9 heteroatoms. The van der Waals surface area contributed by atoms with Crippen LogP contribution in [0.2, 0.25) is 0 Å².